The summed E-state index contributed by atoms with van der Waals surface area (Å²) in [7, 11) is 0. The van der Waals surface area contributed by atoms with Crippen molar-refractivity contribution in [3.8, 4) is 0 Å². The summed E-state index contributed by atoms with van der Waals surface area (Å²) in [5.74, 6) is 0. The highest BCUT2D eigenvalue weighted by molar-refractivity contribution is 5.67. The van der Waals surface area contributed by atoms with Crippen LogP contribution in [0, 0.1) is 0 Å². The third-order valence-corrected chi connectivity index (χ3v) is 1.75. The molecule has 1 heteroatoms. The molecule has 0 unspecified atom stereocenters. The smallest absolute Gasteiger partial charge is 0.0392 e. The van der Waals surface area contributed by atoms with Crippen molar-refractivity contribution in [1.82, 2.24) is 0 Å². The zero-order valence-corrected chi connectivity index (χ0v) is 6.15. The molecular weight excluding hydrogens is 110 g/mol. The third kappa shape index (κ3) is 1.21. The molecule has 9 heavy (non-hydrogen) atoms. The fraction of sp³-hybridized carbons (Fsp3) is 0.625. The van der Waals surface area contributed by atoms with Gasteiger partial charge in [-0.25, -0.2) is 0 Å². The molecule has 1 nitrogen and oxygen atoms in total. The molecule has 0 aromatic heterocycles. The molecule has 1 aliphatic rings. The van der Waals surface area contributed by atoms with E-state index in [0.29, 0.717) is 0 Å². The van der Waals surface area contributed by atoms with E-state index in [2.05, 4.69) is 18.8 Å². The summed E-state index contributed by atoms with van der Waals surface area (Å²) < 4.78 is 0. The first-order valence-corrected chi connectivity index (χ1v) is 3.61. The van der Waals surface area contributed by atoms with Crippen molar-refractivity contribution < 1.29 is 0 Å². The molecule has 50 valence electrons. The highest BCUT2D eigenvalue weighted by Gasteiger charge is 2.04. The Balaban J connectivity index is 2.67. The topological polar surface area (TPSA) is 12.4 Å². The number of aliphatic imine (C=N–C) groups is 1. The van der Waals surface area contributed by atoms with Crippen LogP contribution >= 0.6 is 0 Å². The molecule has 0 aliphatic carbocycles. The summed E-state index contributed by atoms with van der Waals surface area (Å²) in [6.07, 6.45) is 5.38. The number of rotatable bonds is 2. The Morgan fingerprint density at radius 3 is 2.67 bits per heavy atom. The van der Waals surface area contributed by atoms with E-state index in [0.717, 1.165) is 12.8 Å². The first-order valence-electron chi connectivity index (χ1n) is 3.61. The van der Waals surface area contributed by atoms with Gasteiger partial charge in [-0.2, -0.15) is 0 Å². The van der Waals surface area contributed by atoms with Crippen molar-refractivity contribution in [3.63, 3.8) is 0 Å². The second-order valence-corrected chi connectivity index (χ2v) is 2.27. The van der Waals surface area contributed by atoms with Crippen LogP contribution in [-0.2, 0) is 0 Å². The normalized spacial score (nSPS) is 17.6. The quantitative estimate of drug-likeness (QED) is 0.535. The molecule has 0 spiro atoms. The fourth-order valence-corrected chi connectivity index (χ4v) is 1.16. The van der Waals surface area contributed by atoms with Crippen LogP contribution in [0.4, 0.5) is 0 Å². The van der Waals surface area contributed by atoms with Crippen molar-refractivity contribution in [1.29, 1.82) is 0 Å². The lowest BCUT2D eigenvalue weighted by Gasteiger charge is -1.97. The highest BCUT2D eigenvalue weighted by Crippen LogP contribution is 2.20. The van der Waals surface area contributed by atoms with Gasteiger partial charge in [-0.1, -0.05) is 13.8 Å². The van der Waals surface area contributed by atoms with Gasteiger partial charge >= 0.3 is 0 Å². The van der Waals surface area contributed by atoms with Gasteiger partial charge in [0.05, 0.1) is 0 Å². The van der Waals surface area contributed by atoms with Crippen molar-refractivity contribution in [2.45, 2.75) is 33.1 Å². The van der Waals surface area contributed by atoms with Gasteiger partial charge < -0.3 is 0 Å². The maximum atomic E-state index is 4.26. The average molecular weight is 123 g/mol. The lowest BCUT2D eigenvalue weighted by molar-refractivity contribution is 0.979. The first-order chi connectivity index (χ1) is 4.38. The molecule has 0 aromatic carbocycles. The van der Waals surface area contributed by atoms with Gasteiger partial charge in [-0.3, -0.25) is 4.99 Å². The van der Waals surface area contributed by atoms with Gasteiger partial charge in [-0.15, -0.1) is 0 Å². The van der Waals surface area contributed by atoms with E-state index in [1.165, 1.54) is 17.7 Å². The van der Waals surface area contributed by atoms with Crippen molar-refractivity contribution >= 4 is 6.21 Å². The Morgan fingerprint density at radius 1 is 1.44 bits per heavy atom. The highest BCUT2D eigenvalue weighted by atomic mass is 14.8. The molecule has 0 bridgehead atoms. The van der Waals surface area contributed by atoms with Crippen molar-refractivity contribution in [2.24, 2.45) is 4.99 Å². The molecule has 0 amide bonds. The Kier molecular flexibility index (Phi) is 2.04. The predicted octanol–water partition coefficient (Wildman–Crippen LogP) is 2.54. The van der Waals surface area contributed by atoms with Crippen LogP contribution in [0.2, 0.25) is 0 Å². The predicted molar refractivity (Wildman–Crippen MR) is 40.7 cm³/mol. The van der Waals surface area contributed by atoms with Gasteiger partial charge in [0.25, 0.3) is 0 Å². The second-order valence-electron chi connectivity index (χ2n) is 2.27. The van der Waals surface area contributed by atoms with Gasteiger partial charge in [0.2, 0.25) is 0 Å². The molecule has 0 saturated heterocycles. The van der Waals surface area contributed by atoms with Crippen molar-refractivity contribution in [2.75, 3.05) is 0 Å². The molecular formula is C8H13N. The molecule has 1 rings (SSSR count). The van der Waals surface area contributed by atoms with E-state index >= 15 is 0 Å². The van der Waals surface area contributed by atoms with Gasteiger partial charge in [0.15, 0.2) is 0 Å². The molecule has 0 aromatic rings. The van der Waals surface area contributed by atoms with E-state index in [9.17, 15) is 0 Å². The van der Waals surface area contributed by atoms with Crippen LogP contribution in [0.5, 0.6) is 0 Å². The summed E-state index contributed by atoms with van der Waals surface area (Å²) in [5.41, 5.74) is 2.84. The van der Waals surface area contributed by atoms with Crippen molar-refractivity contribution in [3.05, 3.63) is 11.3 Å². The zero-order valence-electron chi connectivity index (χ0n) is 6.15. The summed E-state index contributed by atoms with van der Waals surface area (Å²) in [6.45, 7) is 4.35. The van der Waals surface area contributed by atoms with Crippen LogP contribution in [0.1, 0.15) is 33.1 Å². The monoisotopic (exact) mass is 123 g/mol. The number of hydrogen-bond acceptors (Lipinski definition) is 1. The summed E-state index contributed by atoms with van der Waals surface area (Å²) >= 11 is 0. The lowest BCUT2D eigenvalue weighted by atomic mass is 10.1. The third-order valence-electron chi connectivity index (χ3n) is 1.75. The molecule has 0 N–H and O–H groups in total. The van der Waals surface area contributed by atoms with Crippen LogP contribution < -0.4 is 0 Å². The Bertz CT molecular complexity index is 154. The number of hydrogen-bond donors (Lipinski definition) is 0. The van der Waals surface area contributed by atoms with E-state index in [4.69, 9.17) is 0 Å². The zero-order chi connectivity index (χ0) is 6.69. The van der Waals surface area contributed by atoms with E-state index in [1.807, 2.05) is 6.21 Å². The Morgan fingerprint density at radius 2 is 2.22 bits per heavy atom. The average Bonchev–Trinajstić information content (AvgIpc) is 2.33. The van der Waals surface area contributed by atoms with E-state index < -0.39 is 0 Å². The summed E-state index contributed by atoms with van der Waals surface area (Å²) in [5, 5.41) is 0. The van der Waals surface area contributed by atoms with Crippen LogP contribution in [-0.4, -0.2) is 6.21 Å². The maximum absolute atomic E-state index is 4.26. The Hall–Kier alpha value is -0.590. The van der Waals surface area contributed by atoms with Gasteiger partial charge in [0, 0.05) is 18.3 Å². The van der Waals surface area contributed by atoms with Gasteiger partial charge in [-0.05, 0) is 18.4 Å². The molecule has 1 heterocycles. The van der Waals surface area contributed by atoms with E-state index in [-0.39, 0.29) is 0 Å². The summed E-state index contributed by atoms with van der Waals surface area (Å²) in [6, 6.07) is 0. The minimum absolute atomic E-state index is 1.10. The summed E-state index contributed by atoms with van der Waals surface area (Å²) in [4.78, 5) is 4.26. The van der Waals surface area contributed by atoms with Crippen LogP contribution in [0.3, 0.4) is 0 Å². The molecule has 0 fully saturated rings. The fourth-order valence-electron chi connectivity index (χ4n) is 1.16. The van der Waals surface area contributed by atoms with Crippen LogP contribution in [0.25, 0.3) is 0 Å². The first kappa shape index (κ1) is 6.53. The number of nitrogens with zero attached hydrogens (tertiary/aromatic N) is 1. The molecule has 0 radical (unpaired) electrons. The molecule has 0 atom stereocenters. The van der Waals surface area contributed by atoms with Gasteiger partial charge in [0.1, 0.15) is 0 Å². The van der Waals surface area contributed by atoms with E-state index in [1.54, 1.807) is 0 Å². The minimum atomic E-state index is 1.10. The lowest BCUT2D eigenvalue weighted by Crippen LogP contribution is -1.79. The minimum Gasteiger partial charge on any atom is -0.265 e. The second kappa shape index (κ2) is 2.81. The maximum Gasteiger partial charge on any atom is 0.0392 e. The Labute approximate surface area is 56.5 Å². The largest absolute Gasteiger partial charge is 0.265 e. The standard InChI is InChI=1S/C8H13N/c1-3-7-5-6-9-8(7)4-2/h6H,3-5H2,1-2H3. The molecule has 0 saturated carbocycles. The number of allylic oxidation sites excluding steroid dienone is 2. The molecule has 1 aliphatic heterocycles. The van der Waals surface area contributed by atoms with Crippen LogP contribution in [0.15, 0.2) is 16.3 Å². The SMILES string of the molecule is CCC1=C(CC)N=CC1.